The summed E-state index contributed by atoms with van der Waals surface area (Å²) < 4.78 is 10.5. The van der Waals surface area contributed by atoms with Crippen LogP contribution in [0.25, 0.3) is 11.4 Å². The van der Waals surface area contributed by atoms with Gasteiger partial charge in [-0.25, -0.2) is 0 Å². The van der Waals surface area contributed by atoms with E-state index in [4.69, 9.17) is 9.26 Å². The molecule has 0 fully saturated rings. The summed E-state index contributed by atoms with van der Waals surface area (Å²) in [6, 6.07) is 5.24. The van der Waals surface area contributed by atoms with Crippen LogP contribution in [0.2, 0.25) is 0 Å². The molecule has 0 unspecified atom stereocenters. The first kappa shape index (κ1) is 16.0. The van der Waals surface area contributed by atoms with Crippen LogP contribution in [0.15, 0.2) is 22.7 Å². The number of amides is 2. The second-order valence-electron chi connectivity index (χ2n) is 5.63. The van der Waals surface area contributed by atoms with E-state index in [0.717, 1.165) is 6.42 Å². The number of rotatable bonds is 4. The molecule has 2 amide bonds. The van der Waals surface area contributed by atoms with Gasteiger partial charge in [-0.2, -0.15) is 4.98 Å². The average Bonchev–Trinajstić information content (AvgIpc) is 3.08. The van der Waals surface area contributed by atoms with Crippen molar-refractivity contribution in [1.82, 2.24) is 15.5 Å². The van der Waals surface area contributed by atoms with Crippen molar-refractivity contribution in [3.63, 3.8) is 0 Å². The van der Waals surface area contributed by atoms with E-state index in [1.165, 1.54) is 4.90 Å². The maximum absolute atomic E-state index is 12.0. The second-order valence-corrected chi connectivity index (χ2v) is 5.63. The smallest absolute Gasteiger partial charge is 0.316 e. The van der Waals surface area contributed by atoms with Crippen LogP contribution < -0.4 is 15.0 Å². The van der Waals surface area contributed by atoms with Crippen LogP contribution in [0.1, 0.15) is 31.0 Å². The molecule has 0 radical (unpaired) electrons. The molecule has 2 aromatic rings. The molecule has 1 aliphatic rings. The molecule has 1 N–H and O–H groups in total. The number of hydrogen-bond acceptors (Lipinski definition) is 6. The zero-order valence-electron chi connectivity index (χ0n) is 13.7. The summed E-state index contributed by atoms with van der Waals surface area (Å²) in [7, 11) is 1.69. The monoisotopic (exact) mass is 330 g/mol. The predicted octanol–water partition coefficient (Wildman–Crippen LogP) is 1.62. The molecule has 0 spiro atoms. The van der Waals surface area contributed by atoms with Crippen LogP contribution in [-0.4, -0.2) is 41.7 Å². The van der Waals surface area contributed by atoms with E-state index in [0.29, 0.717) is 17.0 Å². The van der Waals surface area contributed by atoms with Crippen molar-refractivity contribution >= 4 is 17.5 Å². The Labute approximate surface area is 138 Å². The lowest BCUT2D eigenvalue weighted by Gasteiger charge is -2.25. The highest BCUT2D eigenvalue weighted by Crippen LogP contribution is 2.34. The summed E-state index contributed by atoms with van der Waals surface area (Å²) in [5.74, 6) is 0.248. The van der Waals surface area contributed by atoms with Gasteiger partial charge in [0, 0.05) is 18.7 Å². The number of benzene rings is 1. The maximum Gasteiger partial charge on any atom is 0.316 e. The third-order valence-corrected chi connectivity index (χ3v) is 3.91. The molecule has 1 aromatic heterocycles. The summed E-state index contributed by atoms with van der Waals surface area (Å²) in [6.45, 7) is 3.86. The molecule has 8 nitrogen and oxygen atoms in total. The van der Waals surface area contributed by atoms with Crippen molar-refractivity contribution in [2.24, 2.45) is 0 Å². The van der Waals surface area contributed by atoms with Gasteiger partial charge in [-0.3, -0.25) is 9.59 Å². The van der Waals surface area contributed by atoms with E-state index in [-0.39, 0.29) is 30.3 Å². The lowest BCUT2D eigenvalue weighted by Crippen LogP contribution is -2.35. The number of anilines is 1. The molecule has 2 heterocycles. The zero-order chi connectivity index (χ0) is 17.3. The van der Waals surface area contributed by atoms with E-state index in [1.54, 1.807) is 25.2 Å². The number of likely N-dealkylation sites (N-methyl/N-ethyl adjacent to an activating group) is 1. The summed E-state index contributed by atoms with van der Waals surface area (Å²) in [6.07, 6.45) is 0.807. The maximum atomic E-state index is 12.0. The Hall–Kier alpha value is -2.90. The highest BCUT2D eigenvalue weighted by atomic mass is 16.5. The van der Waals surface area contributed by atoms with Crippen molar-refractivity contribution in [1.29, 1.82) is 0 Å². The van der Waals surface area contributed by atoms with E-state index in [2.05, 4.69) is 15.5 Å². The Bertz CT molecular complexity index is 786. The molecular weight excluding hydrogens is 312 g/mol. The van der Waals surface area contributed by atoms with Crippen LogP contribution in [0, 0.1) is 0 Å². The van der Waals surface area contributed by atoms with Crippen molar-refractivity contribution in [3.05, 3.63) is 24.1 Å². The van der Waals surface area contributed by atoms with Crippen molar-refractivity contribution in [2.45, 2.75) is 26.3 Å². The fourth-order valence-electron chi connectivity index (χ4n) is 2.24. The number of carbonyl (C=O) groups excluding carboxylic acids is 2. The molecule has 1 aromatic carbocycles. The molecule has 3 rings (SSSR count). The summed E-state index contributed by atoms with van der Waals surface area (Å²) in [5.41, 5.74) is 1.32. The molecule has 0 saturated heterocycles. The van der Waals surface area contributed by atoms with Gasteiger partial charge in [0.15, 0.2) is 6.61 Å². The van der Waals surface area contributed by atoms with Gasteiger partial charge < -0.3 is 19.5 Å². The second kappa shape index (κ2) is 6.31. The van der Waals surface area contributed by atoms with Crippen LogP contribution >= 0.6 is 0 Å². The zero-order valence-corrected chi connectivity index (χ0v) is 13.7. The minimum Gasteiger partial charge on any atom is -0.482 e. The number of fused-ring (bicyclic) bond motifs is 1. The standard InChI is InChI=1S/C16H18N4O4/c1-4-9(2)17-15(22)16-18-14(19-24-16)10-5-6-11-12(7-10)23-8-13(21)20(11)3/h5-7,9H,4,8H2,1-3H3,(H,17,22)/t9-/m1/s1. The highest BCUT2D eigenvalue weighted by molar-refractivity contribution is 5.97. The third-order valence-electron chi connectivity index (χ3n) is 3.91. The number of aromatic nitrogens is 2. The fraction of sp³-hybridized carbons (Fsp3) is 0.375. The van der Waals surface area contributed by atoms with Crippen molar-refractivity contribution in [2.75, 3.05) is 18.6 Å². The number of hydrogen-bond donors (Lipinski definition) is 1. The molecule has 1 atom stereocenters. The van der Waals surface area contributed by atoms with Crippen LogP contribution in [0.4, 0.5) is 5.69 Å². The van der Waals surface area contributed by atoms with Crippen LogP contribution in [-0.2, 0) is 4.79 Å². The Morgan fingerprint density at radius 2 is 2.25 bits per heavy atom. The molecule has 0 aliphatic carbocycles. The average molecular weight is 330 g/mol. The van der Waals surface area contributed by atoms with E-state index >= 15 is 0 Å². The minimum atomic E-state index is -0.400. The molecule has 0 bridgehead atoms. The Kier molecular flexibility index (Phi) is 4.20. The normalized spacial score (nSPS) is 14.8. The first-order chi connectivity index (χ1) is 11.5. The molecule has 0 saturated carbocycles. The van der Waals surface area contributed by atoms with E-state index in [9.17, 15) is 9.59 Å². The topological polar surface area (TPSA) is 97.6 Å². The quantitative estimate of drug-likeness (QED) is 0.915. The predicted molar refractivity (Wildman–Crippen MR) is 85.9 cm³/mol. The van der Waals surface area contributed by atoms with Gasteiger partial charge in [-0.1, -0.05) is 12.1 Å². The van der Waals surface area contributed by atoms with Gasteiger partial charge in [0.05, 0.1) is 5.69 Å². The number of nitrogens with one attached hydrogen (secondary N) is 1. The number of nitrogens with zero attached hydrogens (tertiary/aromatic N) is 3. The van der Waals surface area contributed by atoms with E-state index < -0.39 is 5.91 Å². The SMILES string of the molecule is CC[C@@H](C)NC(=O)c1nc(-c2ccc3c(c2)OCC(=O)N3C)no1. The number of carbonyl (C=O) groups is 2. The Morgan fingerprint density at radius 1 is 1.46 bits per heavy atom. The van der Waals surface area contributed by atoms with Crippen LogP contribution in [0.5, 0.6) is 5.75 Å². The van der Waals surface area contributed by atoms with Gasteiger partial charge in [0.25, 0.3) is 5.91 Å². The molecule has 8 heteroatoms. The first-order valence-corrected chi connectivity index (χ1v) is 7.68. The summed E-state index contributed by atoms with van der Waals surface area (Å²) in [4.78, 5) is 29.3. The van der Waals surface area contributed by atoms with Gasteiger partial charge in [-0.05, 0) is 31.5 Å². The fourth-order valence-corrected chi connectivity index (χ4v) is 2.24. The molecule has 1 aliphatic heterocycles. The highest BCUT2D eigenvalue weighted by Gasteiger charge is 2.24. The van der Waals surface area contributed by atoms with Gasteiger partial charge in [-0.15, -0.1) is 0 Å². The van der Waals surface area contributed by atoms with Gasteiger partial charge >= 0.3 is 11.8 Å². The van der Waals surface area contributed by atoms with Crippen LogP contribution in [0.3, 0.4) is 0 Å². The van der Waals surface area contributed by atoms with Gasteiger partial charge in [0.1, 0.15) is 5.75 Å². The Morgan fingerprint density at radius 3 is 3.00 bits per heavy atom. The molecule has 126 valence electrons. The summed E-state index contributed by atoms with van der Waals surface area (Å²) in [5, 5.41) is 6.61. The van der Waals surface area contributed by atoms with Crippen molar-refractivity contribution < 1.29 is 18.8 Å². The van der Waals surface area contributed by atoms with E-state index in [1.807, 2.05) is 13.8 Å². The molecule has 24 heavy (non-hydrogen) atoms. The lowest BCUT2D eigenvalue weighted by atomic mass is 10.1. The lowest BCUT2D eigenvalue weighted by molar-refractivity contribution is -0.120. The first-order valence-electron chi connectivity index (χ1n) is 7.68. The summed E-state index contributed by atoms with van der Waals surface area (Å²) >= 11 is 0. The van der Waals surface area contributed by atoms with Gasteiger partial charge in [0.2, 0.25) is 5.82 Å². The third kappa shape index (κ3) is 2.94. The van der Waals surface area contributed by atoms with Crippen molar-refractivity contribution in [3.8, 4) is 17.1 Å². The number of ether oxygens (including phenoxy) is 1. The largest absolute Gasteiger partial charge is 0.482 e. The molecular formula is C16H18N4O4. The minimum absolute atomic E-state index is 0.0121. The Balaban J connectivity index is 1.83.